The second-order valence-corrected chi connectivity index (χ2v) is 4.30. The van der Waals surface area contributed by atoms with E-state index in [4.69, 9.17) is 0 Å². The van der Waals surface area contributed by atoms with Gasteiger partial charge in [0.15, 0.2) is 5.78 Å². The summed E-state index contributed by atoms with van der Waals surface area (Å²) in [5, 5.41) is 1.79. The molecule has 0 unspecified atom stereocenters. The largest absolute Gasteiger partial charge is 0.294 e. The molecule has 0 saturated carbocycles. The number of halogens is 1. The van der Waals surface area contributed by atoms with E-state index in [9.17, 15) is 9.18 Å². The zero-order valence-corrected chi connectivity index (χ0v) is 9.01. The Hall–Kier alpha value is -1.70. The van der Waals surface area contributed by atoms with Crippen molar-refractivity contribution in [2.24, 2.45) is 0 Å². The summed E-state index contributed by atoms with van der Waals surface area (Å²) in [4.78, 5) is 11.8. The van der Waals surface area contributed by atoms with E-state index < -0.39 is 0 Å². The van der Waals surface area contributed by atoms with Gasteiger partial charge in [0.2, 0.25) is 0 Å². The van der Waals surface area contributed by atoms with E-state index in [1.165, 1.54) is 6.07 Å². The monoisotopic (exact) mass is 214 g/mol. The van der Waals surface area contributed by atoms with Crippen molar-refractivity contribution in [2.75, 3.05) is 0 Å². The third-order valence-corrected chi connectivity index (χ3v) is 3.36. The summed E-state index contributed by atoms with van der Waals surface area (Å²) < 4.78 is 13.7. The fourth-order valence-electron chi connectivity index (χ4n) is 2.53. The van der Waals surface area contributed by atoms with Crippen LogP contribution in [0.1, 0.15) is 27.9 Å². The predicted octanol–water partition coefficient (Wildman–Crippen LogP) is 3.42. The minimum Gasteiger partial charge on any atom is -0.294 e. The maximum atomic E-state index is 13.7. The van der Waals surface area contributed by atoms with Gasteiger partial charge in [0.25, 0.3) is 0 Å². The van der Waals surface area contributed by atoms with Gasteiger partial charge in [-0.2, -0.15) is 0 Å². The van der Waals surface area contributed by atoms with Crippen molar-refractivity contribution in [3.8, 4) is 0 Å². The second kappa shape index (κ2) is 3.14. The smallest absolute Gasteiger partial charge is 0.166 e. The van der Waals surface area contributed by atoms with Crippen molar-refractivity contribution in [1.82, 2.24) is 0 Å². The first-order valence-corrected chi connectivity index (χ1v) is 5.42. The third-order valence-electron chi connectivity index (χ3n) is 3.36. The van der Waals surface area contributed by atoms with Crippen LogP contribution in [0, 0.1) is 12.7 Å². The van der Waals surface area contributed by atoms with Gasteiger partial charge >= 0.3 is 0 Å². The number of carbonyl (C=O) groups is 1. The highest BCUT2D eigenvalue weighted by atomic mass is 19.1. The molecule has 0 N–H and O–H groups in total. The highest BCUT2D eigenvalue weighted by molar-refractivity contribution is 6.11. The molecular weight excluding hydrogens is 203 g/mol. The molecule has 0 radical (unpaired) electrons. The van der Waals surface area contributed by atoms with Gasteiger partial charge in [-0.05, 0) is 41.3 Å². The summed E-state index contributed by atoms with van der Waals surface area (Å²) in [5.41, 5.74) is 2.57. The van der Waals surface area contributed by atoms with Crippen molar-refractivity contribution < 1.29 is 9.18 Å². The number of ketones is 1. The number of carbonyl (C=O) groups excluding carboxylic acids is 1. The first-order valence-electron chi connectivity index (χ1n) is 5.42. The summed E-state index contributed by atoms with van der Waals surface area (Å²) in [5.74, 6) is -0.453. The van der Waals surface area contributed by atoms with Crippen LogP contribution in [-0.4, -0.2) is 5.78 Å². The van der Waals surface area contributed by atoms with E-state index in [1.54, 1.807) is 6.07 Å². The Morgan fingerprint density at radius 3 is 2.69 bits per heavy atom. The van der Waals surface area contributed by atoms with Crippen molar-refractivity contribution >= 4 is 16.6 Å². The maximum absolute atomic E-state index is 13.7. The van der Waals surface area contributed by atoms with Crippen molar-refractivity contribution in [1.29, 1.82) is 0 Å². The predicted molar refractivity (Wildman–Crippen MR) is 61.3 cm³/mol. The Kier molecular flexibility index (Phi) is 1.87. The minimum atomic E-state index is -0.385. The molecule has 0 spiro atoms. The molecule has 80 valence electrons. The van der Waals surface area contributed by atoms with Gasteiger partial charge < -0.3 is 0 Å². The summed E-state index contributed by atoms with van der Waals surface area (Å²) in [6.45, 7) is 2.01. The minimum absolute atomic E-state index is 0.0683. The van der Waals surface area contributed by atoms with Crippen molar-refractivity contribution in [2.45, 2.75) is 19.8 Å². The van der Waals surface area contributed by atoms with Crippen LogP contribution in [0.15, 0.2) is 24.3 Å². The van der Waals surface area contributed by atoms with Gasteiger partial charge in [0.1, 0.15) is 5.82 Å². The number of aryl methyl sites for hydroxylation is 2. The van der Waals surface area contributed by atoms with Crippen molar-refractivity contribution in [3.63, 3.8) is 0 Å². The molecule has 2 aromatic carbocycles. The highest BCUT2D eigenvalue weighted by Gasteiger charge is 2.23. The first kappa shape index (κ1) is 9.52. The lowest BCUT2D eigenvalue weighted by Gasteiger charge is -2.18. The first-order chi connectivity index (χ1) is 7.68. The Morgan fingerprint density at radius 2 is 1.88 bits per heavy atom. The van der Waals surface area contributed by atoms with Crippen LogP contribution in [0.25, 0.3) is 10.8 Å². The van der Waals surface area contributed by atoms with Crippen molar-refractivity contribution in [3.05, 3.63) is 46.8 Å². The number of benzene rings is 2. The molecule has 0 saturated heterocycles. The zero-order valence-electron chi connectivity index (χ0n) is 9.01. The second-order valence-electron chi connectivity index (χ2n) is 4.30. The van der Waals surface area contributed by atoms with Crippen LogP contribution >= 0.6 is 0 Å². The van der Waals surface area contributed by atoms with E-state index in [1.807, 2.05) is 19.1 Å². The molecule has 16 heavy (non-hydrogen) atoms. The molecule has 3 rings (SSSR count). The fourth-order valence-corrected chi connectivity index (χ4v) is 2.53. The van der Waals surface area contributed by atoms with E-state index >= 15 is 0 Å². The summed E-state index contributed by atoms with van der Waals surface area (Å²) in [7, 11) is 0. The Bertz CT molecular complexity index is 608. The number of rotatable bonds is 0. The Morgan fingerprint density at radius 1 is 1.12 bits per heavy atom. The molecule has 0 atom stereocenters. The lowest BCUT2D eigenvalue weighted by atomic mass is 9.85. The molecule has 1 nitrogen and oxygen atoms in total. The summed E-state index contributed by atoms with van der Waals surface area (Å²) in [6, 6.07) is 7.13. The molecule has 2 aromatic rings. The molecule has 0 fully saturated rings. The standard InChI is InChI=1S/C14H11FO/c1-8-2-3-9-4-6-11(15)14-12(16)7-5-10(8)13(9)14/h2-4,6H,5,7H2,1H3. The van der Waals surface area contributed by atoms with Gasteiger partial charge in [-0.15, -0.1) is 0 Å². The van der Waals surface area contributed by atoms with E-state index in [-0.39, 0.29) is 11.6 Å². The maximum Gasteiger partial charge on any atom is 0.166 e. The molecule has 0 aliphatic heterocycles. The quantitative estimate of drug-likeness (QED) is 0.656. The number of Topliss-reactive ketones (excluding diaryl/α,β-unsaturated/α-hetero) is 1. The normalized spacial score (nSPS) is 14.5. The molecule has 0 bridgehead atoms. The van der Waals surface area contributed by atoms with Crippen LogP contribution in [0.3, 0.4) is 0 Å². The van der Waals surface area contributed by atoms with E-state index in [0.29, 0.717) is 12.0 Å². The van der Waals surface area contributed by atoms with E-state index in [2.05, 4.69) is 0 Å². The van der Waals surface area contributed by atoms with Crippen LogP contribution in [0.4, 0.5) is 4.39 Å². The fraction of sp³-hybridized carbons (Fsp3) is 0.214. The van der Waals surface area contributed by atoms with Gasteiger partial charge in [-0.3, -0.25) is 4.79 Å². The Balaban J connectivity index is 2.56. The summed E-state index contributed by atoms with van der Waals surface area (Å²) in [6.07, 6.45) is 1.16. The average molecular weight is 214 g/mol. The molecule has 2 heteroatoms. The lowest BCUT2D eigenvalue weighted by Crippen LogP contribution is -2.12. The molecular formula is C14H11FO. The molecule has 0 heterocycles. The number of hydrogen-bond acceptors (Lipinski definition) is 1. The number of hydrogen-bond donors (Lipinski definition) is 0. The average Bonchev–Trinajstić information content (AvgIpc) is 2.27. The topological polar surface area (TPSA) is 17.1 Å². The van der Waals surface area contributed by atoms with Gasteiger partial charge in [0.05, 0.1) is 5.56 Å². The van der Waals surface area contributed by atoms with Crippen LogP contribution in [0.5, 0.6) is 0 Å². The zero-order chi connectivity index (χ0) is 11.3. The Labute approximate surface area is 92.9 Å². The van der Waals surface area contributed by atoms with Gasteiger partial charge in [-0.1, -0.05) is 18.2 Å². The molecule has 0 amide bonds. The summed E-state index contributed by atoms with van der Waals surface area (Å²) >= 11 is 0. The third kappa shape index (κ3) is 1.13. The molecule has 0 aromatic heterocycles. The van der Waals surface area contributed by atoms with Gasteiger partial charge in [0, 0.05) is 6.42 Å². The SMILES string of the molecule is Cc1ccc2ccc(F)c3c2c1CCC3=O. The molecule has 1 aliphatic rings. The van der Waals surface area contributed by atoms with E-state index in [0.717, 1.165) is 28.3 Å². The van der Waals surface area contributed by atoms with Crippen LogP contribution in [-0.2, 0) is 6.42 Å². The van der Waals surface area contributed by atoms with Crippen LogP contribution in [0.2, 0.25) is 0 Å². The van der Waals surface area contributed by atoms with Crippen LogP contribution < -0.4 is 0 Å². The highest BCUT2D eigenvalue weighted by Crippen LogP contribution is 2.33. The lowest BCUT2D eigenvalue weighted by molar-refractivity contribution is 0.0978. The molecule has 1 aliphatic carbocycles. The van der Waals surface area contributed by atoms with Gasteiger partial charge in [-0.25, -0.2) is 4.39 Å².